The van der Waals surface area contributed by atoms with Crippen LogP contribution >= 0.6 is 0 Å². The van der Waals surface area contributed by atoms with E-state index in [9.17, 15) is 26.4 Å². The zero-order valence-electron chi connectivity index (χ0n) is 13.5. The SMILES string of the molecule is CN(C)S(=O)(=O)NCC(=O)Nc1ccc2c(c1)nc(C(F)(F)F)n2C. The van der Waals surface area contributed by atoms with Crippen LogP contribution in [0.25, 0.3) is 11.0 Å². The van der Waals surface area contributed by atoms with Gasteiger partial charge < -0.3 is 9.88 Å². The van der Waals surface area contributed by atoms with Gasteiger partial charge in [-0.2, -0.15) is 30.6 Å². The summed E-state index contributed by atoms with van der Waals surface area (Å²) in [6.45, 7) is -0.519. The number of anilines is 1. The second-order valence-electron chi connectivity index (χ2n) is 5.35. The van der Waals surface area contributed by atoms with Crippen molar-refractivity contribution in [3.63, 3.8) is 0 Å². The number of nitrogens with one attached hydrogen (secondary N) is 2. The van der Waals surface area contributed by atoms with E-state index in [1.54, 1.807) is 0 Å². The Labute approximate surface area is 141 Å². The van der Waals surface area contributed by atoms with E-state index >= 15 is 0 Å². The number of halogens is 3. The molecule has 25 heavy (non-hydrogen) atoms. The highest BCUT2D eigenvalue weighted by atomic mass is 32.2. The molecule has 0 spiro atoms. The number of imidazole rings is 1. The van der Waals surface area contributed by atoms with Gasteiger partial charge in [-0.15, -0.1) is 0 Å². The van der Waals surface area contributed by atoms with Gasteiger partial charge in [0.25, 0.3) is 10.2 Å². The van der Waals surface area contributed by atoms with Crippen molar-refractivity contribution < 1.29 is 26.4 Å². The first-order valence-corrected chi connectivity index (χ1v) is 8.36. The Bertz CT molecular complexity index is 906. The number of benzene rings is 1. The van der Waals surface area contributed by atoms with Crippen LogP contribution in [0.4, 0.5) is 18.9 Å². The van der Waals surface area contributed by atoms with Crippen LogP contribution in [0.3, 0.4) is 0 Å². The molecule has 0 aliphatic heterocycles. The van der Waals surface area contributed by atoms with Crippen molar-refractivity contribution in [2.45, 2.75) is 6.18 Å². The van der Waals surface area contributed by atoms with Crippen molar-refractivity contribution in [3.8, 4) is 0 Å². The number of hydrogen-bond acceptors (Lipinski definition) is 4. The Morgan fingerprint density at radius 3 is 2.52 bits per heavy atom. The van der Waals surface area contributed by atoms with Crippen molar-refractivity contribution >= 4 is 32.8 Å². The monoisotopic (exact) mass is 379 g/mol. The number of rotatable bonds is 5. The number of fused-ring (bicyclic) bond motifs is 1. The molecule has 12 heteroatoms. The van der Waals surface area contributed by atoms with Crippen molar-refractivity contribution in [1.29, 1.82) is 0 Å². The first-order chi connectivity index (χ1) is 11.4. The van der Waals surface area contributed by atoms with Crippen molar-refractivity contribution in [3.05, 3.63) is 24.0 Å². The van der Waals surface area contributed by atoms with Crippen LogP contribution in [0, 0.1) is 0 Å². The fourth-order valence-corrected chi connectivity index (χ4v) is 2.59. The number of carbonyl (C=O) groups excluding carboxylic acids is 1. The van der Waals surface area contributed by atoms with Gasteiger partial charge in [0.2, 0.25) is 11.7 Å². The number of amides is 1. The number of hydrogen-bond donors (Lipinski definition) is 2. The molecule has 1 aromatic carbocycles. The summed E-state index contributed by atoms with van der Waals surface area (Å²) in [5, 5.41) is 2.40. The molecule has 0 unspecified atom stereocenters. The van der Waals surface area contributed by atoms with E-state index in [0.29, 0.717) is 0 Å². The predicted octanol–water partition coefficient (Wildman–Crippen LogP) is 0.927. The molecule has 0 aliphatic carbocycles. The molecule has 2 rings (SSSR count). The van der Waals surface area contributed by atoms with Crippen LogP contribution in [0.2, 0.25) is 0 Å². The van der Waals surface area contributed by atoms with Crippen LogP contribution in [0.5, 0.6) is 0 Å². The fourth-order valence-electron chi connectivity index (χ4n) is 2.02. The summed E-state index contributed by atoms with van der Waals surface area (Å²) in [6, 6.07) is 4.07. The molecule has 0 atom stereocenters. The number of nitrogens with zero attached hydrogens (tertiary/aromatic N) is 3. The molecule has 8 nitrogen and oxygen atoms in total. The van der Waals surface area contributed by atoms with E-state index in [0.717, 1.165) is 8.87 Å². The number of carbonyl (C=O) groups is 1. The van der Waals surface area contributed by atoms with E-state index in [1.807, 2.05) is 0 Å². The number of aryl methyl sites for hydroxylation is 1. The molecule has 0 radical (unpaired) electrons. The molecule has 0 saturated heterocycles. The molecule has 1 amide bonds. The summed E-state index contributed by atoms with van der Waals surface area (Å²) >= 11 is 0. The molecular weight excluding hydrogens is 363 g/mol. The molecule has 2 N–H and O–H groups in total. The molecule has 0 fully saturated rings. The van der Waals surface area contributed by atoms with Crippen LogP contribution < -0.4 is 10.0 Å². The lowest BCUT2D eigenvalue weighted by Gasteiger charge is -2.12. The zero-order valence-corrected chi connectivity index (χ0v) is 14.4. The second-order valence-corrected chi connectivity index (χ2v) is 7.32. The maximum Gasteiger partial charge on any atom is 0.449 e. The molecule has 138 valence electrons. The molecule has 0 bridgehead atoms. The van der Waals surface area contributed by atoms with Gasteiger partial charge in [-0.1, -0.05) is 0 Å². The molecule has 0 aliphatic rings. The van der Waals surface area contributed by atoms with Gasteiger partial charge in [-0.05, 0) is 18.2 Å². The maximum atomic E-state index is 12.9. The highest BCUT2D eigenvalue weighted by molar-refractivity contribution is 7.87. The van der Waals surface area contributed by atoms with Gasteiger partial charge in [0.15, 0.2) is 0 Å². The second kappa shape index (κ2) is 6.61. The lowest BCUT2D eigenvalue weighted by Crippen LogP contribution is -2.40. The number of alkyl halides is 3. The third-order valence-electron chi connectivity index (χ3n) is 3.31. The van der Waals surface area contributed by atoms with Gasteiger partial charge in [0, 0.05) is 26.8 Å². The quantitative estimate of drug-likeness (QED) is 0.808. The highest BCUT2D eigenvalue weighted by Crippen LogP contribution is 2.31. The average molecular weight is 379 g/mol. The normalized spacial score (nSPS) is 12.8. The predicted molar refractivity (Wildman–Crippen MR) is 85.0 cm³/mol. The lowest BCUT2D eigenvalue weighted by atomic mass is 10.2. The summed E-state index contributed by atoms with van der Waals surface area (Å²) in [5.74, 6) is -1.72. The van der Waals surface area contributed by atoms with E-state index in [-0.39, 0.29) is 16.7 Å². The van der Waals surface area contributed by atoms with Crippen molar-refractivity contribution in [2.24, 2.45) is 7.05 Å². The minimum absolute atomic E-state index is 0.0569. The van der Waals surface area contributed by atoms with Crippen LogP contribution in [0.1, 0.15) is 5.82 Å². The van der Waals surface area contributed by atoms with Gasteiger partial charge in [-0.3, -0.25) is 4.79 Å². The smallest absolute Gasteiger partial charge is 0.325 e. The minimum Gasteiger partial charge on any atom is -0.325 e. The molecule has 0 saturated carbocycles. The van der Waals surface area contributed by atoms with E-state index in [2.05, 4.69) is 15.0 Å². The third-order valence-corrected chi connectivity index (χ3v) is 4.78. The summed E-state index contributed by atoms with van der Waals surface area (Å²) < 4.78 is 65.5. The maximum absolute atomic E-state index is 12.9. The summed E-state index contributed by atoms with van der Waals surface area (Å²) in [4.78, 5) is 15.3. The first-order valence-electron chi connectivity index (χ1n) is 6.92. The minimum atomic E-state index is -4.60. The largest absolute Gasteiger partial charge is 0.449 e. The third kappa shape index (κ3) is 4.27. The average Bonchev–Trinajstić information content (AvgIpc) is 2.82. The topological polar surface area (TPSA) is 96.3 Å². The Morgan fingerprint density at radius 1 is 1.32 bits per heavy atom. The van der Waals surface area contributed by atoms with E-state index < -0.39 is 34.7 Å². The lowest BCUT2D eigenvalue weighted by molar-refractivity contribution is -0.146. The zero-order chi connectivity index (χ0) is 19.0. The molecule has 1 aromatic heterocycles. The van der Waals surface area contributed by atoms with Crippen molar-refractivity contribution in [2.75, 3.05) is 26.0 Å². The number of aromatic nitrogens is 2. The van der Waals surface area contributed by atoms with Crippen molar-refractivity contribution in [1.82, 2.24) is 18.6 Å². The van der Waals surface area contributed by atoms with E-state index in [1.165, 1.54) is 39.3 Å². The standard InChI is InChI=1S/C13H16F3N5O3S/c1-20(2)25(23,24)17-7-11(22)18-8-4-5-10-9(6-8)19-12(21(10)3)13(14,15)16/h4-6,17H,7H2,1-3H3,(H,18,22). The van der Waals surface area contributed by atoms with Gasteiger partial charge in [-0.25, -0.2) is 4.98 Å². The van der Waals surface area contributed by atoms with Crippen LogP contribution in [-0.4, -0.2) is 48.8 Å². The summed E-state index contributed by atoms with van der Waals surface area (Å²) in [5.41, 5.74) is 0.508. The Morgan fingerprint density at radius 2 is 1.96 bits per heavy atom. The van der Waals surface area contributed by atoms with Crippen LogP contribution in [-0.2, 0) is 28.2 Å². The fraction of sp³-hybridized carbons (Fsp3) is 0.385. The Kier molecular flexibility index (Phi) is 5.06. The Hall–Kier alpha value is -2.18. The molecule has 2 aromatic rings. The van der Waals surface area contributed by atoms with E-state index in [4.69, 9.17) is 0 Å². The molecule has 1 heterocycles. The van der Waals surface area contributed by atoms with Gasteiger partial charge in [0.05, 0.1) is 17.6 Å². The van der Waals surface area contributed by atoms with Gasteiger partial charge >= 0.3 is 6.18 Å². The Balaban J connectivity index is 2.16. The summed E-state index contributed by atoms with van der Waals surface area (Å²) in [7, 11) is 0.0836. The van der Waals surface area contributed by atoms with Crippen LogP contribution in [0.15, 0.2) is 18.2 Å². The van der Waals surface area contributed by atoms with Gasteiger partial charge in [0.1, 0.15) is 0 Å². The summed E-state index contributed by atoms with van der Waals surface area (Å²) in [6.07, 6.45) is -4.60. The highest BCUT2D eigenvalue weighted by Gasteiger charge is 2.36. The first kappa shape index (κ1) is 19.1. The molecular formula is C13H16F3N5O3S.